The second-order valence-corrected chi connectivity index (χ2v) is 3.38. The Morgan fingerprint density at radius 1 is 1.38 bits per heavy atom. The standard InChI is InChI=1S/C12H18N2O2/c1-2-16-12(15)11-5-3-10(4-6-11)9-14-8-7-13/h3-6,14H,2,7-9,13H2,1H3. The Balaban J connectivity index is 2.50. The molecule has 0 unspecified atom stereocenters. The van der Waals surface area contributed by atoms with E-state index in [9.17, 15) is 4.79 Å². The molecule has 0 aromatic heterocycles. The van der Waals surface area contributed by atoms with Crippen LogP contribution < -0.4 is 11.1 Å². The van der Waals surface area contributed by atoms with E-state index in [1.807, 2.05) is 12.1 Å². The molecule has 0 spiro atoms. The van der Waals surface area contributed by atoms with Gasteiger partial charge in [-0.05, 0) is 24.6 Å². The molecule has 0 bridgehead atoms. The first-order valence-corrected chi connectivity index (χ1v) is 5.44. The first-order chi connectivity index (χ1) is 7.77. The second kappa shape index (κ2) is 6.98. The van der Waals surface area contributed by atoms with Gasteiger partial charge in [-0.2, -0.15) is 0 Å². The van der Waals surface area contributed by atoms with Crippen molar-refractivity contribution in [3.05, 3.63) is 35.4 Å². The molecule has 0 radical (unpaired) electrons. The van der Waals surface area contributed by atoms with Gasteiger partial charge in [0, 0.05) is 19.6 Å². The van der Waals surface area contributed by atoms with Crippen molar-refractivity contribution in [1.29, 1.82) is 0 Å². The summed E-state index contributed by atoms with van der Waals surface area (Å²) in [7, 11) is 0. The molecule has 3 N–H and O–H groups in total. The second-order valence-electron chi connectivity index (χ2n) is 3.38. The molecule has 0 fully saturated rings. The van der Waals surface area contributed by atoms with E-state index in [-0.39, 0.29) is 5.97 Å². The Morgan fingerprint density at radius 2 is 2.06 bits per heavy atom. The van der Waals surface area contributed by atoms with E-state index < -0.39 is 0 Å². The van der Waals surface area contributed by atoms with Crippen LogP contribution in [0.3, 0.4) is 0 Å². The van der Waals surface area contributed by atoms with Gasteiger partial charge in [-0.25, -0.2) is 4.79 Å². The molecule has 0 amide bonds. The summed E-state index contributed by atoms with van der Waals surface area (Å²) in [6.07, 6.45) is 0. The lowest BCUT2D eigenvalue weighted by molar-refractivity contribution is 0.0526. The third-order valence-corrected chi connectivity index (χ3v) is 2.12. The van der Waals surface area contributed by atoms with Gasteiger partial charge in [0.15, 0.2) is 0 Å². The zero-order valence-electron chi connectivity index (χ0n) is 9.53. The lowest BCUT2D eigenvalue weighted by atomic mass is 10.1. The van der Waals surface area contributed by atoms with Gasteiger partial charge >= 0.3 is 5.97 Å². The van der Waals surface area contributed by atoms with Crippen LogP contribution in [0.5, 0.6) is 0 Å². The highest BCUT2D eigenvalue weighted by Gasteiger charge is 2.04. The number of carbonyl (C=O) groups excluding carboxylic acids is 1. The first-order valence-electron chi connectivity index (χ1n) is 5.44. The fourth-order valence-electron chi connectivity index (χ4n) is 1.31. The minimum Gasteiger partial charge on any atom is -0.462 e. The van der Waals surface area contributed by atoms with E-state index in [1.54, 1.807) is 19.1 Å². The van der Waals surface area contributed by atoms with Crippen LogP contribution in [0.25, 0.3) is 0 Å². The summed E-state index contributed by atoms with van der Waals surface area (Å²) < 4.78 is 4.90. The molecule has 0 atom stereocenters. The molecular formula is C12H18N2O2. The summed E-state index contributed by atoms with van der Waals surface area (Å²) in [5.41, 5.74) is 7.08. The number of hydrogen-bond donors (Lipinski definition) is 2. The molecule has 4 heteroatoms. The normalized spacial score (nSPS) is 10.1. The number of carbonyl (C=O) groups is 1. The Bertz CT molecular complexity index is 322. The van der Waals surface area contributed by atoms with Crippen LogP contribution in [0.1, 0.15) is 22.8 Å². The fraction of sp³-hybridized carbons (Fsp3) is 0.417. The number of ether oxygens (including phenoxy) is 1. The van der Waals surface area contributed by atoms with Gasteiger partial charge in [-0.3, -0.25) is 0 Å². The Hall–Kier alpha value is -1.39. The SMILES string of the molecule is CCOC(=O)c1ccc(CNCCN)cc1. The molecule has 88 valence electrons. The zero-order valence-corrected chi connectivity index (χ0v) is 9.53. The topological polar surface area (TPSA) is 64.3 Å². The average Bonchev–Trinajstić information content (AvgIpc) is 2.30. The number of esters is 1. The number of rotatable bonds is 6. The minimum absolute atomic E-state index is 0.274. The molecule has 0 aliphatic carbocycles. The van der Waals surface area contributed by atoms with Crippen molar-refractivity contribution in [2.24, 2.45) is 5.73 Å². The lowest BCUT2D eigenvalue weighted by Crippen LogP contribution is -2.21. The largest absolute Gasteiger partial charge is 0.462 e. The van der Waals surface area contributed by atoms with Crippen LogP contribution in [0.2, 0.25) is 0 Å². The molecule has 0 aliphatic rings. The van der Waals surface area contributed by atoms with Crippen LogP contribution in [-0.4, -0.2) is 25.7 Å². The number of nitrogens with two attached hydrogens (primary N) is 1. The van der Waals surface area contributed by atoms with E-state index in [2.05, 4.69) is 5.32 Å². The van der Waals surface area contributed by atoms with E-state index in [4.69, 9.17) is 10.5 Å². The van der Waals surface area contributed by atoms with Crippen LogP contribution >= 0.6 is 0 Å². The predicted molar refractivity (Wildman–Crippen MR) is 63.2 cm³/mol. The summed E-state index contributed by atoms with van der Waals surface area (Å²) in [5.74, 6) is -0.274. The third-order valence-electron chi connectivity index (χ3n) is 2.12. The summed E-state index contributed by atoms with van der Waals surface area (Å²) in [6.45, 7) is 4.38. The van der Waals surface area contributed by atoms with Crippen molar-refractivity contribution in [2.75, 3.05) is 19.7 Å². The maximum atomic E-state index is 11.4. The highest BCUT2D eigenvalue weighted by Crippen LogP contribution is 2.05. The summed E-state index contributed by atoms with van der Waals surface area (Å²) in [6, 6.07) is 7.38. The molecule has 1 aromatic rings. The highest BCUT2D eigenvalue weighted by molar-refractivity contribution is 5.89. The van der Waals surface area contributed by atoms with Crippen LogP contribution in [0.4, 0.5) is 0 Å². The third kappa shape index (κ3) is 4.00. The molecule has 0 aliphatic heterocycles. The van der Waals surface area contributed by atoms with Crippen LogP contribution in [0, 0.1) is 0 Å². The minimum atomic E-state index is -0.274. The van der Waals surface area contributed by atoms with Crippen molar-refractivity contribution in [1.82, 2.24) is 5.32 Å². The lowest BCUT2D eigenvalue weighted by Gasteiger charge is -2.05. The number of benzene rings is 1. The molecule has 4 nitrogen and oxygen atoms in total. The maximum Gasteiger partial charge on any atom is 0.338 e. The highest BCUT2D eigenvalue weighted by atomic mass is 16.5. The van der Waals surface area contributed by atoms with Gasteiger partial charge < -0.3 is 15.8 Å². The van der Waals surface area contributed by atoms with Gasteiger partial charge in [-0.15, -0.1) is 0 Å². The Kier molecular flexibility index (Phi) is 5.53. The summed E-state index contributed by atoms with van der Waals surface area (Å²) in [5, 5.41) is 3.18. The molecule has 16 heavy (non-hydrogen) atoms. The van der Waals surface area contributed by atoms with Crippen LogP contribution in [0.15, 0.2) is 24.3 Å². The van der Waals surface area contributed by atoms with Gasteiger partial charge in [0.05, 0.1) is 12.2 Å². The number of nitrogens with one attached hydrogen (secondary N) is 1. The predicted octanol–water partition coefficient (Wildman–Crippen LogP) is 0.912. The van der Waals surface area contributed by atoms with Crippen molar-refractivity contribution < 1.29 is 9.53 Å². The summed E-state index contributed by atoms with van der Waals surface area (Å²) >= 11 is 0. The van der Waals surface area contributed by atoms with Crippen molar-refractivity contribution in [2.45, 2.75) is 13.5 Å². The van der Waals surface area contributed by atoms with Gasteiger partial charge in [-0.1, -0.05) is 12.1 Å². The van der Waals surface area contributed by atoms with Crippen molar-refractivity contribution >= 4 is 5.97 Å². The monoisotopic (exact) mass is 222 g/mol. The Labute approximate surface area is 95.8 Å². The van der Waals surface area contributed by atoms with E-state index in [0.29, 0.717) is 18.7 Å². The first kappa shape index (κ1) is 12.7. The molecule has 1 rings (SSSR count). The molecule has 0 saturated carbocycles. The summed E-state index contributed by atoms with van der Waals surface area (Å²) in [4.78, 5) is 11.4. The molecule has 0 heterocycles. The number of hydrogen-bond acceptors (Lipinski definition) is 4. The Morgan fingerprint density at radius 3 is 2.62 bits per heavy atom. The molecular weight excluding hydrogens is 204 g/mol. The zero-order chi connectivity index (χ0) is 11.8. The van der Waals surface area contributed by atoms with E-state index in [1.165, 1.54) is 0 Å². The van der Waals surface area contributed by atoms with E-state index >= 15 is 0 Å². The van der Waals surface area contributed by atoms with Crippen molar-refractivity contribution in [3.8, 4) is 0 Å². The molecule has 0 saturated heterocycles. The maximum absolute atomic E-state index is 11.4. The smallest absolute Gasteiger partial charge is 0.338 e. The quantitative estimate of drug-likeness (QED) is 0.554. The van der Waals surface area contributed by atoms with Gasteiger partial charge in [0.1, 0.15) is 0 Å². The van der Waals surface area contributed by atoms with Gasteiger partial charge in [0.25, 0.3) is 0 Å². The van der Waals surface area contributed by atoms with E-state index in [0.717, 1.165) is 18.7 Å². The average molecular weight is 222 g/mol. The van der Waals surface area contributed by atoms with Crippen molar-refractivity contribution in [3.63, 3.8) is 0 Å². The van der Waals surface area contributed by atoms with Crippen LogP contribution in [-0.2, 0) is 11.3 Å². The molecule has 1 aromatic carbocycles. The van der Waals surface area contributed by atoms with Gasteiger partial charge in [0.2, 0.25) is 0 Å². The fourth-order valence-corrected chi connectivity index (χ4v) is 1.31.